The Labute approximate surface area is 195 Å². The molecule has 0 saturated heterocycles. The molecule has 32 heavy (non-hydrogen) atoms. The molecule has 1 aromatic carbocycles. The van der Waals surface area contributed by atoms with Crippen molar-refractivity contribution in [3.8, 4) is 11.6 Å². The quantitative estimate of drug-likeness (QED) is 0.473. The maximum absolute atomic E-state index is 12.8. The minimum atomic E-state index is -0.214. The van der Waals surface area contributed by atoms with E-state index in [1.165, 1.54) is 21.9 Å². The van der Waals surface area contributed by atoms with Gasteiger partial charge < -0.3 is 14.6 Å². The Kier molecular flexibility index (Phi) is 5.67. The van der Waals surface area contributed by atoms with Crippen molar-refractivity contribution in [2.75, 3.05) is 6.54 Å². The predicted molar refractivity (Wildman–Crippen MR) is 127 cm³/mol. The molecule has 0 unspecified atom stereocenters. The second kappa shape index (κ2) is 8.62. The molecular weight excluding hydrogens is 447 g/mol. The number of nitrogens with zero attached hydrogens (tertiary/aromatic N) is 3. The second-order valence-electron chi connectivity index (χ2n) is 7.90. The van der Waals surface area contributed by atoms with E-state index in [2.05, 4.69) is 16.0 Å². The Hall–Kier alpha value is -2.80. The van der Waals surface area contributed by atoms with E-state index in [0.717, 1.165) is 42.5 Å². The van der Waals surface area contributed by atoms with Crippen molar-refractivity contribution in [3.05, 3.63) is 85.9 Å². The van der Waals surface area contributed by atoms with Crippen LogP contribution in [0.3, 0.4) is 0 Å². The Bertz CT molecular complexity index is 1380. The number of hydrogen-bond acceptors (Lipinski definition) is 4. The van der Waals surface area contributed by atoms with Gasteiger partial charge in [0.15, 0.2) is 0 Å². The summed E-state index contributed by atoms with van der Waals surface area (Å²) in [6, 6.07) is 12.4. The van der Waals surface area contributed by atoms with Crippen LogP contribution < -0.4 is 15.6 Å². The van der Waals surface area contributed by atoms with E-state index in [4.69, 9.17) is 32.9 Å². The van der Waals surface area contributed by atoms with Crippen molar-refractivity contribution in [3.63, 3.8) is 0 Å². The minimum Gasteiger partial charge on any atom is -0.489 e. The van der Waals surface area contributed by atoms with Crippen LogP contribution in [-0.4, -0.2) is 20.7 Å². The lowest BCUT2D eigenvalue weighted by molar-refractivity contribution is 0.305. The zero-order valence-electron chi connectivity index (χ0n) is 17.6. The summed E-state index contributed by atoms with van der Waals surface area (Å²) in [4.78, 5) is 17.6. The maximum atomic E-state index is 12.8. The molecule has 0 fully saturated rings. The fourth-order valence-electron chi connectivity index (χ4n) is 4.20. The number of pyridine rings is 2. The van der Waals surface area contributed by atoms with Gasteiger partial charge in [0.05, 0.1) is 0 Å². The number of halogens is 2. The van der Waals surface area contributed by atoms with E-state index in [-0.39, 0.29) is 12.2 Å². The molecule has 0 aliphatic carbocycles. The number of fused-ring (bicyclic) bond motifs is 3. The molecule has 0 bridgehead atoms. The van der Waals surface area contributed by atoms with Gasteiger partial charge in [0.1, 0.15) is 23.8 Å². The van der Waals surface area contributed by atoms with Crippen LogP contribution in [0.15, 0.2) is 53.5 Å². The summed E-state index contributed by atoms with van der Waals surface area (Å²) in [5.41, 5.74) is 4.09. The molecule has 0 amide bonds. The topological polar surface area (TPSA) is 61.1 Å². The maximum Gasteiger partial charge on any atom is 0.259 e. The highest BCUT2D eigenvalue weighted by atomic mass is 35.5. The largest absolute Gasteiger partial charge is 0.489 e. The summed E-state index contributed by atoms with van der Waals surface area (Å²) < 4.78 is 9.45. The molecule has 8 heteroatoms. The smallest absolute Gasteiger partial charge is 0.259 e. The molecule has 3 aromatic heterocycles. The minimum absolute atomic E-state index is 0.214. The highest BCUT2D eigenvalue weighted by molar-refractivity contribution is 6.35. The van der Waals surface area contributed by atoms with Gasteiger partial charge in [0, 0.05) is 52.5 Å². The molecule has 5 rings (SSSR count). The van der Waals surface area contributed by atoms with Crippen molar-refractivity contribution < 1.29 is 4.74 Å². The van der Waals surface area contributed by atoms with Crippen LogP contribution >= 0.6 is 23.2 Å². The highest BCUT2D eigenvalue weighted by Crippen LogP contribution is 2.27. The molecule has 0 radical (unpaired) electrons. The predicted octanol–water partition coefficient (Wildman–Crippen LogP) is 4.65. The van der Waals surface area contributed by atoms with Gasteiger partial charge in [0.25, 0.3) is 5.56 Å². The lowest BCUT2D eigenvalue weighted by atomic mass is 10.1. The molecule has 6 nitrogen and oxygen atoms in total. The molecular formula is C24H22Cl2N4O2. The van der Waals surface area contributed by atoms with Crippen LogP contribution in [0.5, 0.6) is 5.75 Å². The van der Waals surface area contributed by atoms with Crippen LogP contribution in [-0.2, 0) is 26.6 Å². The Morgan fingerprint density at radius 1 is 1.16 bits per heavy atom. The number of hydrogen-bond donors (Lipinski definition) is 1. The lowest BCUT2D eigenvalue weighted by Crippen LogP contribution is -2.18. The average Bonchev–Trinajstić information content (AvgIpc) is 2.93. The SMILES string of the molecule is Cn1c2c(c3ccc(-n4ccc(OCc5ccc(Cl)cc5Cl)cc4=O)nc31)CNCCC2. The normalized spacial score (nSPS) is 13.7. The highest BCUT2D eigenvalue weighted by Gasteiger charge is 2.18. The van der Waals surface area contributed by atoms with Crippen LogP contribution in [0.1, 0.15) is 23.2 Å². The summed E-state index contributed by atoms with van der Waals surface area (Å²) in [7, 11) is 2.05. The Morgan fingerprint density at radius 2 is 2.03 bits per heavy atom. The molecule has 4 aromatic rings. The average molecular weight is 469 g/mol. The number of rotatable bonds is 4. The third-order valence-electron chi connectivity index (χ3n) is 5.87. The van der Waals surface area contributed by atoms with Crippen molar-refractivity contribution in [1.82, 2.24) is 19.4 Å². The number of nitrogens with one attached hydrogen (secondary N) is 1. The molecule has 1 aliphatic rings. The van der Waals surface area contributed by atoms with Gasteiger partial charge in [-0.15, -0.1) is 0 Å². The Balaban J connectivity index is 1.42. The number of ether oxygens (including phenoxy) is 1. The van der Waals surface area contributed by atoms with Crippen LogP contribution in [0.2, 0.25) is 10.0 Å². The first-order valence-corrected chi connectivity index (χ1v) is 11.2. The summed E-state index contributed by atoms with van der Waals surface area (Å²) in [5.74, 6) is 1.05. The lowest BCUT2D eigenvalue weighted by Gasteiger charge is -2.10. The Morgan fingerprint density at radius 3 is 2.84 bits per heavy atom. The summed E-state index contributed by atoms with van der Waals surface area (Å²) >= 11 is 12.1. The fourth-order valence-corrected chi connectivity index (χ4v) is 4.66. The van der Waals surface area contributed by atoms with E-state index in [1.54, 1.807) is 24.4 Å². The van der Waals surface area contributed by atoms with Gasteiger partial charge in [-0.1, -0.05) is 29.3 Å². The first-order valence-electron chi connectivity index (χ1n) is 10.5. The fraction of sp³-hybridized carbons (Fsp3) is 0.250. The summed E-state index contributed by atoms with van der Waals surface area (Å²) in [6.07, 6.45) is 3.81. The first-order chi connectivity index (χ1) is 15.5. The first kappa shape index (κ1) is 21.1. The van der Waals surface area contributed by atoms with Crippen molar-refractivity contribution in [2.45, 2.75) is 26.0 Å². The van der Waals surface area contributed by atoms with E-state index in [0.29, 0.717) is 21.6 Å². The number of benzene rings is 1. The van der Waals surface area contributed by atoms with Crippen LogP contribution in [0.25, 0.3) is 16.9 Å². The third kappa shape index (κ3) is 3.90. The van der Waals surface area contributed by atoms with Gasteiger partial charge in [-0.3, -0.25) is 9.36 Å². The molecule has 164 valence electrons. The van der Waals surface area contributed by atoms with Gasteiger partial charge >= 0.3 is 0 Å². The van der Waals surface area contributed by atoms with Crippen LogP contribution in [0.4, 0.5) is 0 Å². The monoisotopic (exact) mass is 468 g/mol. The second-order valence-corrected chi connectivity index (χ2v) is 8.74. The molecule has 1 aliphatic heterocycles. The van der Waals surface area contributed by atoms with Crippen molar-refractivity contribution >= 4 is 34.2 Å². The zero-order chi connectivity index (χ0) is 22.2. The van der Waals surface area contributed by atoms with Gasteiger partial charge in [-0.05, 0) is 55.3 Å². The van der Waals surface area contributed by atoms with E-state index >= 15 is 0 Å². The molecule has 0 saturated carbocycles. The zero-order valence-corrected chi connectivity index (χ0v) is 19.1. The molecule has 0 spiro atoms. The van der Waals surface area contributed by atoms with Crippen molar-refractivity contribution in [2.24, 2.45) is 7.05 Å². The van der Waals surface area contributed by atoms with Crippen LogP contribution in [0, 0.1) is 0 Å². The van der Waals surface area contributed by atoms with Gasteiger partial charge in [-0.25, -0.2) is 4.98 Å². The summed E-state index contributed by atoms with van der Waals surface area (Å²) in [6.45, 7) is 2.11. The number of aromatic nitrogens is 3. The van der Waals surface area contributed by atoms with E-state index in [1.807, 2.05) is 19.2 Å². The summed E-state index contributed by atoms with van der Waals surface area (Å²) in [5, 5.41) is 5.70. The third-order valence-corrected chi connectivity index (χ3v) is 6.46. The van der Waals surface area contributed by atoms with E-state index in [9.17, 15) is 4.79 Å². The van der Waals surface area contributed by atoms with Gasteiger partial charge in [0.2, 0.25) is 0 Å². The molecule has 4 heterocycles. The molecule has 1 N–H and O–H groups in total. The van der Waals surface area contributed by atoms with E-state index < -0.39 is 0 Å². The molecule has 0 atom stereocenters. The van der Waals surface area contributed by atoms with Gasteiger partial charge in [-0.2, -0.15) is 0 Å². The van der Waals surface area contributed by atoms with Crippen molar-refractivity contribution in [1.29, 1.82) is 0 Å². The number of aryl methyl sites for hydroxylation is 1. The standard InChI is InChI=1S/C24H22Cl2N4O2/c1-29-21-3-2-9-27-13-19(21)18-6-7-22(28-24(18)29)30-10-8-17(12-23(30)31)32-14-15-4-5-16(25)11-20(15)26/h4-8,10-12,27H,2-3,9,13-14H2,1H3.